The van der Waals surface area contributed by atoms with Gasteiger partial charge >= 0.3 is 0 Å². The van der Waals surface area contributed by atoms with E-state index in [-0.39, 0.29) is 27.3 Å². The first-order valence-corrected chi connectivity index (χ1v) is 9.09. The summed E-state index contributed by atoms with van der Waals surface area (Å²) in [6, 6.07) is 11.8. The molecular weight excluding hydrogens is 399 g/mol. The van der Waals surface area contributed by atoms with E-state index in [9.17, 15) is 14.7 Å². The maximum atomic E-state index is 12.8. The van der Waals surface area contributed by atoms with Gasteiger partial charge in [-0.2, -0.15) is 0 Å². The molecule has 0 aromatic heterocycles. The topological polar surface area (TPSA) is 70.0 Å². The molecule has 1 N–H and O–H groups in total. The van der Waals surface area contributed by atoms with Gasteiger partial charge in [-0.15, -0.1) is 0 Å². The van der Waals surface area contributed by atoms with Crippen molar-refractivity contribution >= 4 is 52.5 Å². The normalized spacial score (nSPS) is 15.6. The second-order valence-corrected chi connectivity index (χ2v) is 6.99. The minimum absolute atomic E-state index is 0.0695. The van der Waals surface area contributed by atoms with E-state index in [0.29, 0.717) is 34.6 Å². The molecule has 2 aromatic rings. The van der Waals surface area contributed by atoms with Gasteiger partial charge in [-0.1, -0.05) is 41.4 Å². The number of carbonyl (C=O) groups is 2. The number of phenols is 1. The number of ketones is 1. The summed E-state index contributed by atoms with van der Waals surface area (Å²) >= 11 is 11.9. The number of nitrogens with zero attached hydrogens (tertiary/aromatic N) is 2. The molecule has 2 aromatic carbocycles. The highest BCUT2D eigenvalue weighted by atomic mass is 35.5. The van der Waals surface area contributed by atoms with Crippen molar-refractivity contribution in [1.29, 1.82) is 0 Å². The monoisotopic (exact) mass is 414 g/mol. The Morgan fingerprint density at radius 2 is 1.64 bits per heavy atom. The maximum Gasteiger partial charge on any atom is 0.218 e. The second-order valence-electron chi connectivity index (χ2n) is 6.17. The first-order chi connectivity index (χ1) is 13.3. The van der Waals surface area contributed by atoms with Crippen LogP contribution in [0.2, 0.25) is 10.0 Å². The van der Waals surface area contributed by atoms with E-state index in [1.165, 1.54) is 17.0 Å². The predicted octanol–water partition coefficient (Wildman–Crippen LogP) is 5.24. The Kier molecular flexibility index (Phi) is 5.68. The van der Waals surface area contributed by atoms with Crippen LogP contribution in [-0.2, 0) is 9.59 Å². The van der Waals surface area contributed by atoms with Gasteiger partial charge in [0.1, 0.15) is 0 Å². The van der Waals surface area contributed by atoms with Gasteiger partial charge in [0.05, 0.1) is 27.1 Å². The lowest BCUT2D eigenvalue weighted by molar-refractivity contribution is -0.114. The molecule has 0 unspecified atom stereocenters. The summed E-state index contributed by atoms with van der Waals surface area (Å²) < 4.78 is 0. The van der Waals surface area contributed by atoms with Gasteiger partial charge in [-0.3, -0.25) is 14.5 Å². The quantitative estimate of drug-likeness (QED) is 0.549. The number of rotatable bonds is 4. The molecule has 1 amide bonds. The highest BCUT2D eigenvalue weighted by molar-refractivity contribution is 6.37. The lowest BCUT2D eigenvalue weighted by Crippen LogP contribution is -2.30. The molecule has 1 aliphatic rings. The number of amides is 1. The molecular formula is C21H16Cl2N2O3. The van der Waals surface area contributed by atoms with Crippen LogP contribution in [-0.4, -0.2) is 23.0 Å². The summed E-state index contributed by atoms with van der Waals surface area (Å²) in [7, 11) is 0. The molecule has 1 aliphatic carbocycles. The minimum Gasteiger partial charge on any atom is -0.505 e. The molecule has 7 heteroatoms. The summed E-state index contributed by atoms with van der Waals surface area (Å²) in [4.78, 5) is 30.3. The molecule has 28 heavy (non-hydrogen) atoms. The molecule has 0 radical (unpaired) electrons. The minimum atomic E-state index is -0.255. The molecule has 0 saturated heterocycles. The van der Waals surface area contributed by atoms with E-state index >= 15 is 0 Å². The van der Waals surface area contributed by atoms with E-state index in [1.54, 1.807) is 44.2 Å². The van der Waals surface area contributed by atoms with Crippen LogP contribution in [0, 0.1) is 0 Å². The van der Waals surface area contributed by atoms with Crippen molar-refractivity contribution in [3.8, 4) is 5.75 Å². The predicted molar refractivity (Wildman–Crippen MR) is 112 cm³/mol. The molecule has 5 nitrogen and oxygen atoms in total. The van der Waals surface area contributed by atoms with Gasteiger partial charge in [0, 0.05) is 11.3 Å². The van der Waals surface area contributed by atoms with Crippen molar-refractivity contribution in [2.24, 2.45) is 4.99 Å². The highest BCUT2D eigenvalue weighted by Gasteiger charge is 2.27. The number of phenolic OH excluding ortho intramolecular Hbond substituents is 1. The van der Waals surface area contributed by atoms with Gasteiger partial charge in [-0.05, 0) is 49.8 Å². The Morgan fingerprint density at radius 3 is 2.21 bits per heavy atom. The standard InChI is InChI=1S/C21H16Cl2N2O3/c1-12-13(2)20(27)19(25(11-26)15-6-4-3-5-7-15)10-18(12)24-14-8-16(22)21(28)17(23)9-14/h3-11,28H,1-2H3. The van der Waals surface area contributed by atoms with Crippen molar-refractivity contribution in [2.45, 2.75) is 13.8 Å². The fraction of sp³-hybridized carbons (Fsp3) is 0.0952. The number of hydrogen-bond acceptors (Lipinski definition) is 4. The number of aromatic hydroxyl groups is 1. The molecule has 0 spiro atoms. The number of Topliss-reactive ketones (excluding diaryl/α,β-unsaturated/α-hetero) is 1. The summed E-state index contributed by atoms with van der Waals surface area (Å²) in [5, 5.41) is 9.85. The van der Waals surface area contributed by atoms with Gasteiger partial charge in [0.15, 0.2) is 5.75 Å². The number of carbonyl (C=O) groups excluding carboxylic acids is 2. The zero-order chi connectivity index (χ0) is 20.4. The van der Waals surface area contributed by atoms with Crippen molar-refractivity contribution in [3.63, 3.8) is 0 Å². The van der Waals surface area contributed by atoms with Crippen LogP contribution in [0.1, 0.15) is 13.8 Å². The Hall–Kier alpha value is -2.89. The first-order valence-electron chi connectivity index (χ1n) is 8.34. The molecule has 0 fully saturated rings. The first kappa shape index (κ1) is 19.9. The molecule has 142 valence electrons. The third-order valence-electron chi connectivity index (χ3n) is 4.44. The van der Waals surface area contributed by atoms with E-state index in [0.717, 1.165) is 0 Å². The largest absolute Gasteiger partial charge is 0.505 e. The van der Waals surface area contributed by atoms with E-state index in [1.807, 2.05) is 6.07 Å². The number of allylic oxidation sites excluding steroid dienone is 3. The number of para-hydroxylation sites is 1. The van der Waals surface area contributed by atoms with Crippen molar-refractivity contribution in [3.05, 3.63) is 75.4 Å². The van der Waals surface area contributed by atoms with Crippen molar-refractivity contribution in [1.82, 2.24) is 0 Å². The number of anilines is 1. The van der Waals surface area contributed by atoms with E-state index in [4.69, 9.17) is 23.2 Å². The Balaban J connectivity index is 2.12. The third-order valence-corrected chi connectivity index (χ3v) is 5.02. The summed E-state index contributed by atoms with van der Waals surface area (Å²) in [5.74, 6) is -0.476. The summed E-state index contributed by atoms with van der Waals surface area (Å²) in [5.41, 5.74) is 2.83. The summed E-state index contributed by atoms with van der Waals surface area (Å²) in [6.07, 6.45) is 2.15. The molecule has 0 heterocycles. The molecule has 0 atom stereocenters. The lowest BCUT2D eigenvalue weighted by Gasteiger charge is -2.24. The van der Waals surface area contributed by atoms with E-state index < -0.39 is 0 Å². The van der Waals surface area contributed by atoms with E-state index in [2.05, 4.69) is 4.99 Å². The fourth-order valence-electron chi connectivity index (χ4n) is 2.75. The Labute approximate surface area is 172 Å². The average Bonchev–Trinajstić information content (AvgIpc) is 2.69. The Morgan fingerprint density at radius 1 is 1.04 bits per heavy atom. The molecule has 0 bridgehead atoms. The average molecular weight is 415 g/mol. The van der Waals surface area contributed by atoms with Crippen LogP contribution < -0.4 is 4.90 Å². The SMILES string of the molecule is CC1=C(C)C(=Nc2cc(Cl)c(O)c(Cl)c2)C=C(N(C=O)c2ccccc2)C1=O. The third kappa shape index (κ3) is 3.72. The zero-order valence-electron chi connectivity index (χ0n) is 15.1. The summed E-state index contributed by atoms with van der Waals surface area (Å²) in [6.45, 7) is 3.46. The molecule has 0 saturated carbocycles. The van der Waals surface area contributed by atoms with Crippen LogP contribution >= 0.6 is 23.2 Å². The van der Waals surface area contributed by atoms with Gasteiger partial charge in [0.2, 0.25) is 12.2 Å². The lowest BCUT2D eigenvalue weighted by atomic mass is 9.93. The Bertz CT molecular complexity index is 1030. The number of benzene rings is 2. The van der Waals surface area contributed by atoms with Gasteiger partial charge in [0.25, 0.3) is 0 Å². The fourth-order valence-corrected chi connectivity index (χ4v) is 3.23. The van der Waals surface area contributed by atoms with Crippen LogP contribution in [0.5, 0.6) is 5.75 Å². The van der Waals surface area contributed by atoms with Gasteiger partial charge < -0.3 is 5.11 Å². The zero-order valence-corrected chi connectivity index (χ0v) is 16.6. The smallest absolute Gasteiger partial charge is 0.218 e. The van der Waals surface area contributed by atoms with Gasteiger partial charge in [-0.25, -0.2) is 4.99 Å². The van der Waals surface area contributed by atoms with Crippen LogP contribution in [0.25, 0.3) is 0 Å². The van der Waals surface area contributed by atoms with Crippen molar-refractivity contribution < 1.29 is 14.7 Å². The van der Waals surface area contributed by atoms with Crippen LogP contribution in [0.4, 0.5) is 11.4 Å². The van der Waals surface area contributed by atoms with Crippen LogP contribution in [0.3, 0.4) is 0 Å². The van der Waals surface area contributed by atoms with Crippen molar-refractivity contribution in [2.75, 3.05) is 4.90 Å². The highest BCUT2D eigenvalue weighted by Crippen LogP contribution is 2.36. The number of hydrogen-bond donors (Lipinski definition) is 1. The van der Waals surface area contributed by atoms with Crippen LogP contribution in [0.15, 0.2) is 70.4 Å². The number of halogens is 2. The number of aliphatic imine (C=N–C) groups is 1. The molecule has 0 aliphatic heterocycles. The maximum absolute atomic E-state index is 12.8. The molecule has 3 rings (SSSR count). The second kappa shape index (κ2) is 8.00.